The lowest BCUT2D eigenvalue weighted by molar-refractivity contribution is -0.135. The number of nitrogens with one attached hydrogen (secondary N) is 1. The molecule has 1 aliphatic rings. The van der Waals surface area contributed by atoms with Gasteiger partial charge in [0.2, 0.25) is 11.8 Å². The third kappa shape index (κ3) is 5.45. The molecule has 0 atom stereocenters. The highest BCUT2D eigenvalue weighted by molar-refractivity contribution is 5.84. The molecule has 1 aromatic rings. The Kier molecular flexibility index (Phi) is 6.06. The van der Waals surface area contributed by atoms with Crippen LogP contribution in [0.4, 0.5) is 0 Å². The van der Waals surface area contributed by atoms with Crippen molar-refractivity contribution >= 4 is 11.8 Å². The van der Waals surface area contributed by atoms with Crippen molar-refractivity contribution in [2.45, 2.75) is 25.7 Å². The number of amides is 2. The van der Waals surface area contributed by atoms with Crippen LogP contribution in [0.2, 0.25) is 0 Å². The van der Waals surface area contributed by atoms with Crippen molar-refractivity contribution < 1.29 is 14.3 Å². The minimum Gasteiger partial charge on any atom is -0.492 e. The summed E-state index contributed by atoms with van der Waals surface area (Å²) in [6, 6.07) is 9.47. The van der Waals surface area contributed by atoms with E-state index in [0.29, 0.717) is 26.1 Å². The molecule has 21 heavy (non-hydrogen) atoms. The molecule has 0 unspecified atom stereocenters. The Morgan fingerprint density at radius 2 is 2.00 bits per heavy atom. The Morgan fingerprint density at radius 3 is 2.81 bits per heavy atom. The quantitative estimate of drug-likeness (QED) is 0.809. The highest BCUT2D eigenvalue weighted by Gasteiger charge is 2.18. The predicted molar refractivity (Wildman–Crippen MR) is 80.0 cm³/mol. The second-order valence-corrected chi connectivity index (χ2v) is 5.14. The number of rotatable bonds is 6. The van der Waals surface area contributed by atoms with Crippen LogP contribution in [-0.4, -0.2) is 43.0 Å². The van der Waals surface area contributed by atoms with Crippen LogP contribution in [-0.2, 0) is 9.59 Å². The second kappa shape index (κ2) is 8.29. The van der Waals surface area contributed by atoms with E-state index in [2.05, 4.69) is 5.32 Å². The normalized spacial score (nSPS) is 15.4. The van der Waals surface area contributed by atoms with E-state index in [9.17, 15) is 9.59 Å². The van der Waals surface area contributed by atoms with Gasteiger partial charge in [-0.05, 0) is 25.0 Å². The van der Waals surface area contributed by atoms with Gasteiger partial charge in [-0.25, -0.2) is 0 Å². The Bertz CT molecular complexity index is 462. The van der Waals surface area contributed by atoms with E-state index in [1.54, 1.807) is 4.90 Å². The van der Waals surface area contributed by atoms with Crippen LogP contribution in [0.15, 0.2) is 30.3 Å². The first-order valence-corrected chi connectivity index (χ1v) is 7.48. The van der Waals surface area contributed by atoms with Crippen molar-refractivity contribution in [3.63, 3.8) is 0 Å². The number of likely N-dealkylation sites (tertiary alicyclic amines) is 1. The molecule has 1 N–H and O–H groups in total. The number of nitrogens with zero attached hydrogens (tertiary/aromatic N) is 1. The molecular formula is C16H22N2O3. The summed E-state index contributed by atoms with van der Waals surface area (Å²) in [5.74, 6) is 0.750. The average molecular weight is 290 g/mol. The maximum Gasteiger partial charge on any atom is 0.239 e. The van der Waals surface area contributed by atoms with Crippen molar-refractivity contribution in [3.05, 3.63) is 30.3 Å². The molecule has 2 amide bonds. The second-order valence-electron chi connectivity index (χ2n) is 5.14. The molecule has 5 heteroatoms. The maximum atomic E-state index is 11.8. The largest absolute Gasteiger partial charge is 0.492 e. The van der Waals surface area contributed by atoms with Gasteiger partial charge in [-0.2, -0.15) is 0 Å². The molecule has 0 spiro atoms. The fourth-order valence-electron chi connectivity index (χ4n) is 2.31. The molecule has 1 saturated heterocycles. The van der Waals surface area contributed by atoms with Crippen molar-refractivity contribution in [2.24, 2.45) is 0 Å². The highest BCUT2D eigenvalue weighted by Crippen LogP contribution is 2.10. The van der Waals surface area contributed by atoms with E-state index in [0.717, 1.165) is 25.0 Å². The summed E-state index contributed by atoms with van der Waals surface area (Å²) in [6.07, 6.45) is 3.54. The standard InChI is InChI=1S/C16H22N2O3/c19-15(13-18-11-6-2-5-9-16(18)20)17-10-12-21-14-7-3-1-4-8-14/h1,3-4,7-8H,2,5-6,9-13H2,(H,17,19). The van der Waals surface area contributed by atoms with Crippen LogP contribution in [0.1, 0.15) is 25.7 Å². The van der Waals surface area contributed by atoms with Crippen LogP contribution in [0.3, 0.4) is 0 Å². The molecule has 0 bridgehead atoms. The number of carbonyl (C=O) groups excluding carboxylic acids is 2. The van der Waals surface area contributed by atoms with Gasteiger partial charge in [0.15, 0.2) is 0 Å². The fourth-order valence-corrected chi connectivity index (χ4v) is 2.31. The lowest BCUT2D eigenvalue weighted by Crippen LogP contribution is -2.41. The molecule has 114 valence electrons. The van der Waals surface area contributed by atoms with Crippen molar-refractivity contribution in [1.29, 1.82) is 0 Å². The van der Waals surface area contributed by atoms with E-state index >= 15 is 0 Å². The molecule has 0 saturated carbocycles. The van der Waals surface area contributed by atoms with Crippen LogP contribution in [0.5, 0.6) is 5.75 Å². The van der Waals surface area contributed by atoms with E-state index in [-0.39, 0.29) is 18.4 Å². The lowest BCUT2D eigenvalue weighted by atomic mass is 10.2. The van der Waals surface area contributed by atoms with Crippen molar-refractivity contribution in [1.82, 2.24) is 10.2 Å². The molecule has 5 nitrogen and oxygen atoms in total. The first-order valence-electron chi connectivity index (χ1n) is 7.48. The number of benzene rings is 1. The van der Waals surface area contributed by atoms with Crippen LogP contribution in [0.25, 0.3) is 0 Å². The van der Waals surface area contributed by atoms with Gasteiger partial charge in [-0.15, -0.1) is 0 Å². The first kappa shape index (κ1) is 15.4. The monoisotopic (exact) mass is 290 g/mol. The minimum atomic E-state index is -0.123. The summed E-state index contributed by atoms with van der Waals surface area (Å²) >= 11 is 0. The van der Waals surface area contributed by atoms with E-state index < -0.39 is 0 Å². The summed E-state index contributed by atoms with van der Waals surface area (Å²) in [6.45, 7) is 1.70. The van der Waals surface area contributed by atoms with Crippen LogP contribution >= 0.6 is 0 Å². The summed E-state index contributed by atoms with van der Waals surface area (Å²) in [5.41, 5.74) is 0. The zero-order valence-corrected chi connectivity index (χ0v) is 12.2. The van der Waals surface area contributed by atoms with Crippen molar-refractivity contribution in [2.75, 3.05) is 26.2 Å². The van der Waals surface area contributed by atoms with Gasteiger partial charge in [0.05, 0.1) is 13.1 Å². The summed E-state index contributed by atoms with van der Waals surface area (Å²) in [4.78, 5) is 25.3. The maximum absolute atomic E-state index is 11.8. The van der Waals surface area contributed by atoms with Gasteiger partial charge >= 0.3 is 0 Å². The van der Waals surface area contributed by atoms with E-state index in [4.69, 9.17) is 4.74 Å². The number of hydrogen-bond donors (Lipinski definition) is 1. The topological polar surface area (TPSA) is 58.6 Å². The molecule has 2 rings (SSSR count). The summed E-state index contributed by atoms with van der Waals surface area (Å²) in [7, 11) is 0. The number of carbonyl (C=O) groups is 2. The van der Waals surface area contributed by atoms with Crippen molar-refractivity contribution in [3.8, 4) is 5.75 Å². The Morgan fingerprint density at radius 1 is 1.19 bits per heavy atom. The third-order valence-corrected chi connectivity index (χ3v) is 3.44. The van der Waals surface area contributed by atoms with Gasteiger partial charge < -0.3 is 15.0 Å². The SMILES string of the molecule is O=C(CN1CCCCCC1=O)NCCOc1ccccc1. The van der Waals surface area contributed by atoms with Gasteiger partial charge in [0.25, 0.3) is 0 Å². The molecule has 1 aromatic carbocycles. The van der Waals surface area contributed by atoms with Gasteiger partial charge in [-0.3, -0.25) is 9.59 Å². The average Bonchev–Trinajstić information content (AvgIpc) is 2.70. The highest BCUT2D eigenvalue weighted by atomic mass is 16.5. The summed E-state index contributed by atoms with van der Waals surface area (Å²) < 4.78 is 5.49. The molecule has 0 aliphatic carbocycles. The first-order chi connectivity index (χ1) is 10.3. The molecule has 0 radical (unpaired) electrons. The zero-order chi connectivity index (χ0) is 14.9. The Hall–Kier alpha value is -2.04. The predicted octanol–water partition coefficient (Wildman–Crippen LogP) is 1.58. The van der Waals surface area contributed by atoms with Gasteiger partial charge in [0, 0.05) is 13.0 Å². The molecule has 0 aromatic heterocycles. The molecule has 1 aliphatic heterocycles. The molecular weight excluding hydrogens is 268 g/mol. The molecule has 1 heterocycles. The minimum absolute atomic E-state index is 0.0863. The third-order valence-electron chi connectivity index (χ3n) is 3.44. The summed E-state index contributed by atoms with van der Waals surface area (Å²) in [5, 5.41) is 2.78. The van der Waals surface area contributed by atoms with Crippen LogP contribution in [0, 0.1) is 0 Å². The number of hydrogen-bond acceptors (Lipinski definition) is 3. The van der Waals surface area contributed by atoms with Gasteiger partial charge in [-0.1, -0.05) is 24.6 Å². The Balaban J connectivity index is 1.64. The zero-order valence-electron chi connectivity index (χ0n) is 12.2. The lowest BCUT2D eigenvalue weighted by Gasteiger charge is -2.19. The number of ether oxygens (including phenoxy) is 1. The smallest absolute Gasteiger partial charge is 0.239 e. The van der Waals surface area contributed by atoms with E-state index in [1.807, 2.05) is 30.3 Å². The molecule has 1 fully saturated rings. The Labute approximate surface area is 125 Å². The van der Waals surface area contributed by atoms with Gasteiger partial charge in [0.1, 0.15) is 12.4 Å². The number of para-hydroxylation sites is 1. The van der Waals surface area contributed by atoms with Crippen LogP contribution < -0.4 is 10.1 Å². The fraction of sp³-hybridized carbons (Fsp3) is 0.500. The van der Waals surface area contributed by atoms with E-state index in [1.165, 1.54) is 0 Å².